The summed E-state index contributed by atoms with van der Waals surface area (Å²) in [4.78, 5) is 0. The third-order valence-electron chi connectivity index (χ3n) is 2.07. The van der Waals surface area contributed by atoms with Gasteiger partial charge >= 0.3 is 0 Å². The van der Waals surface area contributed by atoms with Crippen molar-refractivity contribution in [3.8, 4) is 0 Å². The predicted octanol–water partition coefficient (Wildman–Crippen LogP) is 3.30. The first-order chi connectivity index (χ1) is 6.83. The molecule has 0 spiro atoms. The van der Waals surface area contributed by atoms with Crippen molar-refractivity contribution >= 4 is 22.9 Å². The van der Waals surface area contributed by atoms with Gasteiger partial charge in [0.1, 0.15) is 5.76 Å². The van der Waals surface area contributed by atoms with Crippen molar-refractivity contribution in [2.75, 3.05) is 7.05 Å². The molecule has 0 fully saturated rings. The lowest BCUT2D eigenvalue weighted by atomic mass is 10.1. The van der Waals surface area contributed by atoms with Crippen molar-refractivity contribution in [1.29, 1.82) is 0 Å². The zero-order valence-electron chi connectivity index (χ0n) is 7.66. The second-order valence-corrected chi connectivity index (χ2v) is 4.40. The molecule has 0 saturated carbocycles. The fraction of sp³-hybridized carbons (Fsp3) is 0.200. The van der Waals surface area contributed by atoms with Crippen molar-refractivity contribution in [3.05, 3.63) is 45.5 Å². The Morgan fingerprint density at radius 3 is 2.86 bits per heavy atom. The molecule has 2 aromatic rings. The molecule has 0 aliphatic rings. The van der Waals surface area contributed by atoms with Gasteiger partial charge in [-0.3, -0.25) is 0 Å². The van der Waals surface area contributed by atoms with Crippen molar-refractivity contribution in [2.45, 2.75) is 6.04 Å². The molecule has 0 radical (unpaired) electrons. The molecule has 0 aliphatic carbocycles. The van der Waals surface area contributed by atoms with E-state index in [4.69, 9.17) is 16.0 Å². The summed E-state index contributed by atoms with van der Waals surface area (Å²) in [7, 11) is 1.89. The van der Waals surface area contributed by atoms with Crippen molar-refractivity contribution in [1.82, 2.24) is 5.32 Å². The minimum atomic E-state index is 0.0451. The first-order valence-corrected chi connectivity index (χ1v) is 5.52. The number of thiophene rings is 1. The van der Waals surface area contributed by atoms with Gasteiger partial charge in [-0.25, -0.2) is 0 Å². The van der Waals surface area contributed by atoms with E-state index in [0.29, 0.717) is 0 Å². The van der Waals surface area contributed by atoms with Gasteiger partial charge in [0.05, 0.1) is 16.6 Å². The standard InChI is InChI=1S/C10H10ClNOS/c1-12-9(8-3-2-5-13-8)7-4-6-14-10(7)11/h2-6,9,12H,1H3. The smallest absolute Gasteiger partial charge is 0.125 e. The highest BCUT2D eigenvalue weighted by Gasteiger charge is 2.17. The lowest BCUT2D eigenvalue weighted by molar-refractivity contribution is 0.464. The summed E-state index contributed by atoms with van der Waals surface area (Å²) in [6, 6.07) is 5.87. The summed E-state index contributed by atoms with van der Waals surface area (Å²) >= 11 is 7.60. The van der Waals surface area contributed by atoms with Crippen LogP contribution >= 0.6 is 22.9 Å². The van der Waals surface area contributed by atoms with Gasteiger partial charge in [0.15, 0.2) is 0 Å². The molecule has 2 heterocycles. The minimum Gasteiger partial charge on any atom is -0.467 e. The third kappa shape index (κ3) is 1.71. The molecule has 4 heteroatoms. The number of nitrogens with one attached hydrogen (secondary N) is 1. The van der Waals surface area contributed by atoms with Crippen LogP contribution in [0.4, 0.5) is 0 Å². The first-order valence-electron chi connectivity index (χ1n) is 4.26. The molecule has 0 aliphatic heterocycles. The number of hydrogen-bond donors (Lipinski definition) is 1. The van der Waals surface area contributed by atoms with E-state index < -0.39 is 0 Å². The Bertz CT molecular complexity index is 396. The zero-order chi connectivity index (χ0) is 9.97. The van der Waals surface area contributed by atoms with Crippen molar-refractivity contribution < 1.29 is 4.42 Å². The Balaban J connectivity index is 2.36. The van der Waals surface area contributed by atoms with E-state index in [1.807, 2.05) is 30.6 Å². The highest BCUT2D eigenvalue weighted by Crippen LogP contribution is 2.32. The van der Waals surface area contributed by atoms with Crippen LogP contribution in [0.15, 0.2) is 34.3 Å². The maximum Gasteiger partial charge on any atom is 0.125 e. The Morgan fingerprint density at radius 2 is 2.36 bits per heavy atom. The van der Waals surface area contributed by atoms with Gasteiger partial charge < -0.3 is 9.73 Å². The van der Waals surface area contributed by atoms with Crippen LogP contribution in [0.1, 0.15) is 17.4 Å². The Morgan fingerprint density at radius 1 is 1.50 bits per heavy atom. The molecule has 0 amide bonds. The fourth-order valence-electron chi connectivity index (χ4n) is 1.42. The monoisotopic (exact) mass is 227 g/mol. The minimum absolute atomic E-state index is 0.0451. The van der Waals surface area contributed by atoms with E-state index in [9.17, 15) is 0 Å². The molecular weight excluding hydrogens is 218 g/mol. The Hall–Kier alpha value is -0.770. The van der Waals surface area contributed by atoms with Crippen LogP contribution in [0.5, 0.6) is 0 Å². The van der Waals surface area contributed by atoms with Gasteiger partial charge in [0.2, 0.25) is 0 Å². The lowest BCUT2D eigenvalue weighted by Gasteiger charge is -2.12. The summed E-state index contributed by atoms with van der Waals surface area (Å²) in [5.74, 6) is 0.882. The zero-order valence-corrected chi connectivity index (χ0v) is 9.23. The maximum absolute atomic E-state index is 6.07. The van der Waals surface area contributed by atoms with Crippen LogP contribution in [0.2, 0.25) is 4.34 Å². The SMILES string of the molecule is CNC(c1ccco1)c1ccsc1Cl. The maximum atomic E-state index is 6.07. The molecule has 2 nitrogen and oxygen atoms in total. The van der Waals surface area contributed by atoms with Gasteiger partial charge in [0, 0.05) is 5.56 Å². The topological polar surface area (TPSA) is 25.2 Å². The molecule has 1 atom stereocenters. The quantitative estimate of drug-likeness (QED) is 0.871. The summed E-state index contributed by atoms with van der Waals surface area (Å²) in [6.07, 6.45) is 1.67. The van der Waals surface area contributed by atoms with E-state index in [0.717, 1.165) is 15.7 Å². The van der Waals surface area contributed by atoms with Gasteiger partial charge in [0.25, 0.3) is 0 Å². The Kier molecular flexibility index (Phi) is 2.91. The van der Waals surface area contributed by atoms with Crippen LogP contribution in [0.3, 0.4) is 0 Å². The molecule has 2 aromatic heterocycles. The van der Waals surface area contributed by atoms with Crippen LogP contribution in [0.25, 0.3) is 0 Å². The molecule has 2 rings (SSSR count). The second kappa shape index (κ2) is 4.17. The predicted molar refractivity (Wildman–Crippen MR) is 58.9 cm³/mol. The fourth-order valence-corrected chi connectivity index (χ4v) is 2.40. The molecule has 0 saturated heterocycles. The summed E-state index contributed by atoms with van der Waals surface area (Å²) in [5, 5.41) is 5.15. The van der Waals surface area contributed by atoms with Gasteiger partial charge in [-0.2, -0.15) is 0 Å². The molecular formula is C10H10ClNOS. The second-order valence-electron chi connectivity index (χ2n) is 2.89. The summed E-state index contributed by atoms with van der Waals surface area (Å²) < 4.78 is 6.16. The van der Waals surface area contributed by atoms with Gasteiger partial charge in [-0.15, -0.1) is 11.3 Å². The molecule has 14 heavy (non-hydrogen) atoms. The number of halogens is 1. The van der Waals surface area contributed by atoms with Crippen LogP contribution in [-0.4, -0.2) is 7.05 Å². The average Bonchev–Trinajstić information content (AvgIpc) is 2.80. The third-order valence-corrected chi connectivity index (χ3v) is 3.27. The van der Waals surface area contributed by atoms with Gasteiger partial charge in [-0.05, 0) is 30.6 Å². The largest absolute Gasteiger partial charge is 0.467 e. The highest BCUT2D eigenvalue weighted by molar-refractivity contribution is 7.14. The van der Waals surface area contributed by atoms with E-state index in [1.54, 1.807) is 6.26 Å². The lowest BCUT2D eigenvalue weighted by Crippen LogP contribution is -2.16. The number of hydrogen-bond acceptors (Lipinski definition) is 3. The van der Waals surface area contributed by atoms with Crippen molar-refractivity contribution in [2.24, 2.45) is 0 Å². The summed E-state index contributed by atoms with van der Waals surface area (Å²) in [6.45, 7) is 0. The van der Waals surface area contributed by atoms with E-state index in [1.165, 1.54) is 11.3 Å². The number of rotatable bonds is 3. The molecule has 0 bridgehead atoms. The average molecular weight is 228 g/mol. The summed E-state index contributed by atoms with van der Waals surface area (Å²) in [5.41, 5.74) is 1.06. The molecule has 74 valence electrons. The molecule has 1 N–H and O–H groups in total. The first kappa shape index (κ1) is 9.77. The number of furan rings is 1. The molecule has 1 unspecified atom stereocenters. The van der Waals surface area contributed by atoms with Crippen LogP contribution in [0, 0.1) is 0 Å². The van der Waals surface area contributed by atoms with E-state index in [-0.39, 0.29) is 6.04 Å². The van der Waals surface area contributed by atoms with Crippen molar-refractivity contribution in [3.63, 3.8) is 0 Å². The highest BCUT2D eigenvalue weighted by atomic mass is 35.5. The molecule has 0 aromatic carbocycles. The van der Waals surface area contributed by atoms with E-state index in [2.05, 4.69) is 5.32 Å². The van der Waals surface area contributed by atoms with E-state index >= 15 is 0 Å². The Labute approximate surface area is 91.5 Å². The van der Waals surface area contributed by atoms with Gasteiger partial charge in [-0.1, -0.05) is 11.6 Å². The van der Waals surface area contributed by atoms with Crippen LogP contribution in [-0.2, 0) is 0 Å². The normalized spacial score (nSPS) is 13.0. The van der Waals surface area contributed by atoms with Crippen LogP contribution < -0.4 is 5.32 Å².